The third-order valence-electron chi connectivity index (χ3n) is 5.80. The van der Waals surface area contributed by atoms with Crippen molar-refractivity contribution in [3.8, 4) is 11.5 Å². The average molecular weight is 466 g/mol. The smallest absolute Gasteiger partial charge is 0.252 e. The van der Waals surface area contributed by atoms with Gasteiger partial charge in [-0.1, -0.05) is 23.5 Å². The summed E-state index contributed by atoms with van der Waals surface area (Å²) in [6.45, 7) is 7.28. The van der Waals surface area contributed by atoms with Crippen LogP contribution < -0.4 is 14.4 Å². The predicted molar refractivity (Wildman–Crippen MR) is 130 cm³/mol. The highest BCUT2D eigenvalue weighted by atomic mass is 32.1. The SMILES string of the molecule is Cc1ccc2nc(N(CCCN3CCOCC3)C(=O)/C=C/c3ccc4c(c3)OCO4)sc2c1. The summed E-state index contributed by atoms with van der Waals surface area (Å²) in [4.78, 5) is 22.2. The van der Waals surface area contributed by atoms with Crippen molar-refractivity contribution in [2.75, 3.05) is 51.1 Å². The van der Waals surface area contributed by atoms with Gasteiger partial charge in [-0.15, -0.1) is 0 Å². The number of benzene rings is 2. The van der Waals surface area contributed by atoms with Gasteiger partial charge >= 0.3 is 0 Å². The Bertz CT molecular complexity index is 1170. The van der Waals surface area contributed by atoms with Crippen molar-refractivity contribution in [2.45, 2.75) is 13.3 Å². The number of anilines is 1. The number of carbonyl (C=O) groups is 1. The summed E-state index contributed by atoms with van der Waals surface area (Å²) in [5.74, 6) is 1.35. The highest BCUT2D eigenvalue weighted by Gasteiger charge is 2.19. The molecule has 0 N–H and O–H groups in total. The summed E-state index contributed by atoms with van der Waals surface area (Å²) in [7, 11) is 0. The normalized spacial score (nSPS) is 16.0. The third-order valence-corrected chi connectivity index (χ3v) is 6.85. The van der Waals surface area contributed by atoms with Crippen LogP contribution in [-0.2, 0) is 9.53 Å². The molecular formula is C25H27N3O4S. The van der Waals surface area contributed by atoms with E-state index in [4.69, 9.17) is 19.2 Å². The topological polar surface area (TPSA) is 64.1 Å². The lowest BCUT2D eigenvalue weighted by Gasteiger charge is -2.27. The molecule has 3 aromatic rings. The number of ether oxygens (including phenoxy) is 3. The van der Waals surface area contributed by atoms with Gasteiger partial charge in [-0.2, -0.15) is 0 Å². The van der Waals surface area contributed by atoms with Crippen LogP contribution in [0.4, 0.5) is 5.13 Å². The van der Waals surface area contributed by atoms with Crippen molar-refractivity contribution in [1.29, 1.82) is 0 Å². The molecule has 33 heavy (non-hydrogen) atoms. The van der Waals surface area contributed by atoms with Crippen LogP contribution in [0.3, 0.4) is 0 Å². The Morgan fingerprint density at radius 1 is 1.15 bits per heavy atom. The van der Waals surface area contributed by atoms with Crippen LogP contribution in [0.2, 0.25) is 0 Å². The molecule has 0 radical (unpaired) electrons. The Kier molecular flexibility index (Phi) is 6.57. The largest absolute Gasteiger partial charge is 0.454 e. The molecule has 0 unspecified atom stereocenters. The first kappa shape index (κ1) is 21.9. The zero-order valence-corrected chi connectivity index (χ0v) is 19.5. The number of hydrogen-bond donors (Lipinski definition) is 0. The monoisotopic (exact) mass is 465 g/mol. The first-order chi connectivity index (χ1) is 16.2. The summed E-state index contributed by atoms with van der Waals surface area (Å²) in [5.41, 5.74) is 3.00. The van der Waals surface area contributed by atoms with Gasteiger partial charge in [0.15, 0.2) is 16.6 Å². The van der Waals surface area contributed by atoms with E-state index in [0.717, 1.165) is 65.9 Å². The lowest BCUT2D eigenvalue weighted by Crippen LogP contribution is -2.39. The van der Waals surface area contributed by atoms with E-state index in [1.54, 1.807) is 22.3 Å². The fourth-order valence-electron chi connectivity index (χ4n) is 3.99. The summed E-state index contributed by atoms with van der Waals surface area (Å²) in [6, 6.07) is 11.9. The number of rotatable bonds is 7. The minimum absolute atomic E-state index is 0.0783. The first-order valence-corrected chi connectivity index (χ1v) is 12.0. The van der Waals surface area contributed by atoms with E-state index in [-0.39, 0.29) is 12.7 Å². The molecule has 7 nitrogen and oxygen atoms in total. The van der Waals surface area contributed by atoms with E-state index in [9.17, 15) is 4.79 Å². The van der Waals surface area contributed by atoms with Gasteiger partial charge in [0.1, 0.15) is 0 Å². The Hall–Kier alpha value is -2.94. The van der Waals surface area contributed by atoms with E-state index in [1.165, 1.54) is 5.56 Å². The molecule has 0 aliphatic carbocycles. The molecule has 3 heterocycles. The van der Waals surface area contributed by atoms with Gasteiger partial charge < -0.3 is 14.2 Å². The fourth-order valence-corrected chi connectivity index (χ4v) is 5.08. The van der Waals surface area contributed by atoms with E-state index in [2.05, 4.69) is 24.0 Å². The number of morpholine rings is 1. The van der Waals surface area contributed by atoms with Crippen molar-refractivity contribution in [3.63, 3.8) is 0 Å². The number of carbonyl (C=O) groups excluding carboxylic acids is 1. The Labute approximate surface area is 197 Å². The van der Waals surface area contributed by atoms with E-state index in [1.807, 2.05) is 30.3 Å². The van der Waals surface area contributed by atoms with Crippen molar-refractivity contribution >= 4 is 38.7 Å². The Morgan fingerprint density at radius 3 is 2.88 bits per heavy atom. The highest BCUT2D eigenvalue weighted by molar-refractivity contribution is 7.22. The zero-order chi connectivity index (χ0) is 22.6. The molecule has 2 aliphatic rings. The lowest BCUT2D eigenvalue weighted by molar-refractivity contribution is -0.114. The molecule has 0 spiro atoms. The zero-order valence-electron chi connectivity index (χ0n) is 18.7. The minimum Gasteiger partial charge on any atom is -0.454 e. The van der Waals surface area contributed by atoms with Crippen LogP contribution in [0.25, 0.3) is 16.3 Å². The van der Waals surface area contributed by atoms with Crippen LogP contribution in [-0.4, -0.2) is 62.0 Å². The second kappa shape index (κ2) is 9.91. The third kappa shape index (κ3) is 5.19. The number of nitrogens with zero attached hydrogens (tertiary/aromatic N) is 3. The number of thiazole rings is 1. The lowest BCUT2D eigenvalue weighted by atomic mass is 10.2. The average Bonchev–Trinajstić information content (AvgIpc) is 3.47. The molecule has 5 rings (SSSR count). The highest BCUT2D eigenvalue weighted by Crippen LogP contribution is 2.33. The molecule has 1 aromatic heterocycles. The Morgan fingerprint density at radius 2 is 2.00 bits per heavy atom. The number of aryl methyl sites for hydroxylation is 1. The van der Waals surface area contributed by atoms with Gasteiger partial charge in [0.25, 0.3) is 5.91 Å². The van der Waals surface area contributed by atoms with Crippen LogP contribution >= 0.6 is 11.3 Å². The molecule has 0 bridgehead atoms. The molecule has 0 atom stereocenters. The van der Waals surface area contributed by atoms with Gasteiger partial charge in [0.05, 0.1) is 23.4 Å². The maximum Gasteiger partial charge on any atom is 0.252 e. The van der Waals surface area contributed by atoms with Gasteiger partial charge in [0, 0.05) is 32.3 Å². The Balaban J connectivity index is 1.33. The molecule has 8 heteroatoms. The van der Waals surface area contributed by atoms with Crippen LogP contribution in [0.15, 0.2) is 42.5 Å². The molecule has 2 aliphatic heterocycles. The predicted octanol–water partition coefficient (Wildman–Crippen LogP) is 4.10. The molecule has 172 valence electrons. The second-order valence-corrected chi connectivity index (χ2v) is 9.22. The van der Waals surface area contributed by atoms with Gasteiger partial charge in [0.2, 0.25) is 6.79 Å². The number of amides is 1. The van der Waals surface area contributed by atoms with Crippen LogP contribution in [0, 0.1) is 6.92 Å². The number of hydrogen-bond acceptors (Lipinski definition) is 7. The standard InChI is InChI=1S/C25H27N3O4S/c1-18-3-6-20-23(15-18)33-25(26-20)28(10-2-9-27-11-13-30-14-12-27)24(29)8-5-19-4-7-21-22(16-19)32-17-31-21/h3-8,15-16H,2,9-14,17H2,1H3/b8-5+. The molecule has 0 saturated carbocycles. The quantitative estimate of drug-likeness (QED) is 0.490. The van der Waals surface area contributed by atoms with Crippen LogP contribution in [0.1, 0.15) is 17.5 Å². The van der Waals surface area contributed by atoms with Gasteiger partial charge in [-0.25, -0.2) is 4.98 Å². The van der Waals surface area contributed by atoms with Crippen molar-refractivity contribution in [2.24, 2.45) is 0 Å². The van der Waals surface area contributed by atoms with Gasteiger partial charge in [-0.3, -0.25) is 14.6 Å². The molecule has 1 saturated heterocycles. The maximum atomic E-state index is 13.3. The number of aromatic nitrogens is 1. The van der Waals surface area contributed by atoms with E-state index >= 15 is 0 Å². The van der Waals surface area contributed by atoms with Crippen LogP contribution in [0.5, 0.6) is 11.5 Å². The van der Waals surface area contributed by atoms with E-state index < -0.39 is 0 Å². The molecular weight excluding hydrogens is 438 g/mol. The molecule has 1 fully saturated rings. The minimum atomic E-state index is -0.0783. The number of fused-ring (bicyclic) bond motifs is 2. The molecule has 2 aromatic carbocycles. The van der Waals surface area contributed by atoms with Gasteiger partial charge in [-0.05, 0) is 54.8 Å². The van der Waals surface area contributed by atoms with Crippen molar-refractivity contribution in [3.05, 3.63) is 53.6 Å². The maximum absolute atomic E-state index is 13.3. The van der Waals surface area contributed by atoms with Crippen molar-refractivity contribution in [1.82, 2.24) is 9.88 Å². The second-order valence-electron chi connectivity index (χ2n) is 8.21. The van der Waals surface area contributed by atoms with Crippen molar-refractivity contribution < 1.29 is 19.0 Å². The summed E-state index contributed by atoms with van der Waals surface area (Å²) >= 11 is 1.56. The fraction of sp³-hybridized carbons (Fsp3) is 0.360. The summed E-state index contributed by atoms with van der Waals surface area (Å²) < 4.78 is 17.3. The molecule has 1 amide bonds. The first-order valence-electron chi connectivity index (χ1n) is 11.2. The summed E-state index contributed by atoms with van der Waals surface area (Å²) in [6.07, 6.45) is 4.30. The van der Waals surface area contributed by atoms with E-state index in [0.29, 0.717) is 12.3 Å². The summed E-state index contributed by atoms with van der Waals surface area (Å²) in [5, 5.41) is 0.734.